The second-order valence-corrected chi connectivity index (χ2v) is 6.71. The highest BCUT2D eigenvalue weighted by Gasteiger charge is 2.33. The van der Waals surface area contributed by atoms with Crippen molar-refractivity contribution in [3.8, 4) is 11.5 Å². The van der Waals surface area contributed by atoms with Crippen LogP contribution in [0.2, 0.25) is 0 Å². The molecule has 3 rings (SSSR count). The molecule has 0 spiro atoms. The molecule has 0 aromatic heterocycles. The van der Waals surface area contributed by atoms with Gasteiger partial charge in [-0.2, -0.15) is 0 Å². The minimum Gasteiger partial charge on any atom is -0.497 e. The molecule has 2 aliphatic rings. The second kappa shape index (κ2) is 7.24. The fraction of sp³-hybridized carbons (Fsp3) is 0.632. The predicted molar refractivity (Wildman–Crippen MR) is 89.8 cm³/mol. The van der Waals surface area contributed by atoms with E-state index in [0.717, 1.165) is 42.9 Å². The van der Waals surface area contributed by atoms with Gasteiger partial charge in [-0.1, -0.05) is 12.8 Å². The molecule has 1 aromatic carbocycles. The van der Waals surface area contributed by atoms with Crippen molar-refractivity contribution in [2.75, 3.05) is 20.8 Å². The van der Waals surface area contributed by atoms with Crippen LogP contribution >= 0.6 is 0 Å². The van der Waals surface area contributed by atoms with Gasteiger partial charge >= 0.3 is 0 Å². The number of hydrogen-bond donors (Lipinski definition) is 0. The number of amides is 1. The van der Waals surface area contributed by atoms with E-state index in [2.05, 4.69) is 4.90 Å². The first-order valence-corrected chi connectivity index (χ1v) is 8.74. The number of hydrogen-bond acceptors (Lipinski definition) is 3. The summed E-state index contributed by atoms with van der Waals surface area (Å²) in [4.78, 5) is 14.8. The summed E-state index contributed by atoms with van der Waals surface area (Å²) in [5.74, 6) is 2.51. The molecule has 1 saturated heterocycles. The van der Waals surface area contributed by atoms with Gasteiger partial charge in [-0.3, -0.25) is 4.79 Å². The first-order valence-electron chi connectivity index (χ1n) is 8.74. The molecule has 1 unspecified atom stereocenters. The molecule has 1 heterocycles. The fourth-order valence-corrected chi connectivity index (χ4v) is 4.06. The molecule has 1 saturated carbocycles. The number of carbonyl (C=O) groups is 1. The lowest BCUT2D eigenvalue weighted by Gasteiger charge is -2.27. The highest BCUT2D eigenvalue weighted by molar-refractivity contribution is 5.77. The van der Waals surface area contributed by atoms with Crippen molar-refractivity contribution in [2.24, 2.45) is 5.92 Å². The molecule has 1 aliphatic carbocycles. The van der Waals surface area contributed by atoms with Crippen LogP contribution in [-0.4, -0.2) is 31.6 Å². The van der Waals surface area contributed by atoms with Crippen LogP contribution in [0.4, 0.5) is 0 Å². The lowest BCUT2D eigenvalue weighted by Crippen LogP contribution is -2.31. The number of nitrogens with zero attached hydrogens (tertiary/aromatic N) is 1. The SMILES string of the molecule is COc1ccc(C2CCCN2C(=O)CC2CCCC2)c(OC)c1. The van der Waals surface area contributed by atoms with Crippen molar-refractivity contribution in [2.45, 2.75) is 51.0 Å². The van der Waals surface area contributed by atoms with Gasteiger partial charge in [-0.05, 0) is 43.7 Å². The quantitative estimate of drug-likeness (QED) is 0.825. The maximum absolute atomic E-state index is 12.8. The minimum absolute atomic E-state index is 0.143. The van der Waals surface area contributed by atoms with Gasteiger partial charge in [0.15, 0.2) is 0 Å². The van der Waals surface area contributed by atoms with Gasteiger partial charge in [0.25, 0.3) is 0 Å². The Morgan fingerprint density at radius 2 is 1.91 bits per heavy atom. The number of likely N-dealkylation sites (tertiary alicyclic amines) is 1. The van der Waals surface area contributed by atoms with Gasteiger partial charge in [-0.25, -0.2) is 0 Å². The summed E-state index contributed by atoms with van der Waals surface area (Å²) in [6.45, 7) is 0.866. The molecule has 2 fully saturated rings. The molecule has 1 aliphatic heterocycles. The molecule has 1 atom stereocenters. The molecule has 0 bridgehead atoms. The molecule has 4 nitrogen and oxygen atoms in total. The lowest BCUT2D eigenvalue weighted by molar-refractivity contribution is -0.133. The van der Waals surface area contributed by atoms with Crippen molar-refractivity contribution in [1.29, 1.82) is 0 Å². The van der Waals surface area contributed by atoms with Gasteiger partial charge < -0.3 is 14.4 Å². The molecule has 4 heteroatoms. The van der Waals surface area contributed by atoms with Crippen molar-refractivity contribution in [1.82, 2.24) is 4.90 Å². The Kier molecular flexibility index (Phi) is 5.09. The topological polar surface area (TPSA) is 38.8 Å². The summed E-state index contributed by atoms with van der Waals surface area (Å²) in [5.41, 5.74) is 1.10. The second-order valence-electron chi connectivity index (χ2n) is 6.71. The van der Waals surface area contributed by atoms with Gasteiger partial charge in [0.1, 0.15) is 11.5 Å². The van der Waals surface area contributed by atoms with Crippen LogP contribution in [-0.2, 0) is 4.79 Å². The van der Waals surface area contributed by atoms with Crippen LogP contribution in [0.15, 0.2) is 18.2 Å². The molecular formula is C19H27NO3. The molecule has 0 radical (unpaired) electrons. The number of carbonyl (C=O) groups excluding carboxylic acids is 1. The van der Waals surface area contributed by atoms with Crippen molar-refractivity contribution in [3.05, 3.63) is 23.8 Å². The largest absolute Gasteiger partial charge is 0.497 e. The molecular weight excluding hydrogens is 290 g/mol. The third kappa shape index (κ3) is 3.46. The van der Waals surface area contributed by atoms with Crippen molar-refractivity contribution in [3.63, 3.8) is 0 Å². The average Bonchev–Trinajstić information content (AvgIpc) is 3.25. The minimum atomic E-state index is 0.143. The normalized spacial score (nSPS) is 21.7. The zero-order valence-electron chi connectivity index (χ0n) is 14.2. The highest BCUT2D eigenvalue weighted by atomic mass is 16.5. The van der Waals surface area contributed by atoms with Gasteiger partial charge in [0.2, 0.25) is 5.91 Å². The first-order chi connectivity index (χ1) is 11.2. The number of rotatable bonds is 5. The number of benzene rings is 1. The van der Waals surface area contributed by atoms with E-state index in [1.165, 1.54) is 25.7 Å². The standard InChI is InChI=1S/C19H27NO3/c1-22-15-9-10-16(18(13-15)23-2)17-8-5-11-20(17)19(21)12-14-6-3-4-7-14/h9-10,13-14,17H,3-8,11-12H2,1-2H3. The van der Waals surface area contributed by atoms with E-state index in [9.17, 15) is 4.79 Å². The van der Waals surface area contributed by atoms with E-state index in [1.54, 1.807) is 14.2 Å². The lowest BCUT2D eigenvalue weighted by atomic mass is 10.0. The summed E-state index contributed by atoms with van der Waals surface area (Å²) in [6, 6.07) is 6.05. The van der Waals surface area contributed by atoms with E-state index in [4.69, 9.17) is 9.47 Å². The Hall–Kier alpha value is -1.71. The third-order valence-corrected chi connectivity index (χ3v) is 5.31. The van der Waals surface area contributed by atoms with E-state index in [0.29, 0.717) is 11.8 Å². The number of ether oxygens (including phenoxy) is 2. The fourth-order valence-electron chi connectivity index (χ4n) is 4.06. The molecule has 126 valence electrons. The highest BCUT2D eigenvalue weighted by Crippen LogP contribution is 2.40. The third-order valence-electron chi connectivity index (χ3n) is 5.31. The smallest absolute Gasteiger partial charge is 0.223 e. The summed E-state index contributed by atoms with van der Waals surface area (Å²) in [5, 5.41) is 0. The first kappa shape index (κ1) is 16.2. The Labute approximate surface area is 138 Å². The monoisotopic (exact) mass is 317 g/mol. The summed E-state index contributed by atoms with van der Waals surface area (Å²) in [6.07, 6.45) is 7.80. The summed E-state index contributed by atoms with van der Waals surface area (Å²) < 4.78 is 10.8. The van der Waals surface area contributed by atoms with Gasteiger partial charge in [0.05, 0.1) is 20.3 Å². The van der Waals surface area contributed by atoms with E-state index >= 15 is 0 Å². The molecule has 1 aromatic rings. The van der Waals surface area contributed by atoms with Crippen LogP contribution in [0.3, 0.4) is 0 Å². The van der Waals surface area contributed by atoms with Crippen LogP contribution in [0.5, 0.6) is 11.5 Å². The molecule has 1 amide bonds. The zero-order valence-corrected chi connectivity index (χ0v) is 14.2. The Bertz CT molecular complexity index is 552. The van der Waals surface area contributed by atoms with Crippen molar-refractivity contribution < 1.29 is 14.3 Å². The van der Waals surface area contributed by atoms with Crippen LogP contribution in [0.25, 0.3) is 0 Å². The maximum atomic E-state index is 12.8. The Balaban J connectivity index is 1.76. The Morgan fingerprint density at radius 1 is 1.13 bits per heavy atom. The van der Waals surface area contributed by atoms with E-state index in [1.807, 2.05) is 18.2 Å². The summed E-state index contributed by atoms with van der Waals surface area (Å²) in [7, 11) is 3.33. The summed E-state index contributed by atoms with van der Waals surface area (Å²) >= 11 is 0. The molecule has 23 heavy (non-hydrogen) atoms. The average molecular weight is 317 g/mol. The van der Waals surface area contributed by atoms with Crippen LogP contribution < -0.4 is 9.47 Å². The van der Waals surface area contributed by atoms with Crippen LogP contribution in [0.1, 0.15) is 56.6 Å². The van der Waals surface area contributed by atoms with E-state index in [-0.39, 0.29) is 6.04 Å². The predicted octanol–water partition coefficient (Wildman–Crippen LogP) is 3.95. The van der Waals surface area contributed by atoms with Crippen LogP contribution in [0, 0.1) is 5.92 Å². The maximum Gasteiger partial charge on any atom is 0.223 e. The molecule has 0 N–H and O–H groups in total. The van der Waals surface area contributed by atoms with Crippen molar-refractivity contribution >= 4 is 5.91 Å². The van der Waals surface area contributed by atoms with Gasteiger partial charge in [0, 0.05) is 24.6 Å². The van der Waals surface area contributed by atoms with Gasteiger partial charge in [-0.15, -0.1) is 0 Å². The zero-order chi connectivity index (χ0) is 16.2. The Morgan fingerprint density at radius 3 is 2.61 bits per heavy atom. The van der Waals surface area contributed by atoms with E-state index < -0.39 is 0 Å². The number of methoxy groups -OCH3 is 2.